The highest BCUT2D eigenvalue weighted by molar-refractivity contribution is 7.80. The van der Waals surface area contributed by atoms with Crippen molar-refractivity contribution in [1.29, 1.82) is 0 Å². The number of carbonyl (C=O) groups is 1. The van der Waals surface area contributed by atoms with E-state index in [-0.39, 0.29) is 11.9 Å². The summed E-state index contributed by atoms with van der Waals surface area (Å²) < 4.78 is 0. The van der Waals surface area contributed by atoms with Crippen LogP contribution in [0.25, 0.3) is 0 Å². The Morgan fingerprint density at radius 2 is 1.78 bits per heavy atom. The molecule has 0 aromatic heterocycles. The first-order valence-corrected chi connectivity index (χ1v) is 6.39. The van der Waals surface area contributed by atoms with Crippen molar-refractivity contribution in [3.8, 4) is 0 Å². The number of nitrogens with zero attached hydrogens (tertiary/aromatic N) is 1. The smallest absolute Gasteiger partial charge is 0.254 e. The van der Waals surface area contributed by atoms with Gasteiger partial charge in [0.25, 0.3) is 5.91 Å². The Morgan fingerprint density at radius 3 is 2.17 bits per heavy atom. The molecular weight excluding hydrogens is 244 g/mol. The van der Waals surface area contributed by atoms with E-state index in [4.69, 9.17) is 18.0 Å². The minimum atomic E-state index is -0.0235. The number of carbonyl (C=O) groups excluding carboxylic acids is 1. The Morgan fingerprint density at radius 1 is 1.28 bits per heavy atom. The van der Waals surface area contributed by atoms with E-state index in [0.29, 0.717) is 17.1 Å². The van der Waals surface area contributed by atoms with Gasteiger partial charge in [-0.05, 0) is 39.8 Å². The lowest BCUT2D eigenvalue weighted by Crippen LogP contribution is -2.42. The van der Waals surface area contributed by atoms with E-state index >= 15 is 0 Å². The van der Waals surface area contributed by atoms with E-state index in [1.165, 1.54) is 0 Å². The molecule has 0 spiro atoms. The summed E-state index contributed by atoms with van der Waals surface area (Å²) in [4.78, 5) is 14.5. The van der Waals surface area contributed by atoms with Gasteiger partial charge >= 0.3 is 0 Å². The fourth-order valence-corrected chi connectivity index (χ4v) is 2.06. The summed E-state index contributed by atoms with van der Waals surface area (Å²) in [5, 5.41) is 0. The number of aryl methyl sites for hydroxylation is 2. The summed E-state index contributed by atoms with van der Waals surface area (Å²) in [6, 6.07) is 5.90. The van der Waals surface area contributed by atoms with Gasteiger partial charge in [-0.25, -0.2) is 0 Å². The van der Waals surface area contributed by atoms with Gasteiger partial charge in [0, 0.05) is 11.6 Å². The van der Waals surface area contributed by atoms with Gasteiger partial charge in [-0.1, -0.05) is 29.4 Å². The second-order valence-corrected chi connectivity index (χ2v) is 5.39. The van der Waals surface area contributed by atoms with Gasteiger partial charge in [0.1, 0.15) is 0 Å². The number of rotatable bonds is 4. The van der Waals surface area contributed by atoms with Crippen LogP contribution < -0.4 is 5.73 Å². The molecule has 0 saturated heterocycles. The van der Waals surface area contributed by atoms with E-state index in [2.05, 4.69) is 0 Å². The lowest BCUT2D eigenvalue weighted by Gasteiger charge is -2.26. The van der Waals surface area contributed by atoms with Gasteiger partial charge in [-0.15, -0.1) is 0 Å². The van der Waals surface area contributed by atoms with E-state index < -0.39 is 0 Å². The molecule has 0 atom stereocenters. The Labute approximate surface area is 114 Å². The van der Waals surface area contributed by atoms with Crippen molar-refractivity contribution in [3.05, 3.63) is 34.9 Å². The summed E-state index contributed by atoms with van der Waals surface area (Å²) in [6.45, 7) is 8.20. The van der Waals surface area contributed by atoms with Gasteiger partial charge in [0.05, 0.1) is 11.5 Å². The molecule has 18 heavy (non-hydrogen) atoms. The van der Waals surface area contributed by atoms with Crippen LogP contribution in [0, 0.1) is 13.8 Å². The molecule has 4 heteroatoms. The third-order valence-electron chi connectivity index (χ3n) is 2.68. The summed E-state index contributed by atoms with van der Waals surface area (Å²) in [7, 11) is 0. The summed E-state index contributed by atoms with van der Waals surface area (Å²) in [6.07, 6.45) is 0. The number of amides is 1. The predicted octanol–water partition coefficient (Wildman–Crippen LogP) is 2.44. The number of nitrogens with two attached hydrogens (primary N) is 1. The highest BCUT2D eigenvalue weighted by Gasteiger charge is 2.19. The Kier molecular flexibility index (Phi) is 4.84. The molecule has 1 amide bonds. The van der Waals surface area contributed by atoms with E-state index in [1.54, 1.807) is 4.90 Å². The highest BCUT2D eigenvalue weighted by atomic mass is 32.1. The largest absolute Gasteiger partial charge is 0.392 e. The van der Waals surface area contributed by atoms with Crippen molar-refractivity contribution >= 4 is 23.1 Å². The molecule has 0 heterocycles. The van der Waals surface area contributed by atoms with Crippen molar-refractivity contribution in [2.24, 2.45) is 5.73 Å². The maximum Gasteiger partial charge on any atom is 0.254 e. The number of hydrogen-bond donors (Lipinski definition) is 1. The van der Waals surface area contributed by atoms with Crippen LogP contribution in [-0.4, -0.2) is 28.4 Å². The third kappa shape index (κ3) is 3.81. The third-order valence-corrected chi connectivity index (χ3v) is 2.81. The normalized spacial score (nSPS) is 10.5. The Hall–Kier alpha value is -1.42. The minimum absolute atomic E-state index is 0.0235. The first-order valence-electron chi connectivity index (χ1n) is 5.99. The van der Waals surface area contributed by atoms with E-state index in [9.17, 15) is 4.79 Å². The Balaban J connectivity index is 3.05. The van der Waals surface area contributed by atoms with Gasteiger partial charge < -0.3 is 10.6 Å². The van der Waals surface area contributed by atoms with Crippen LogP contribution in [0.1, 0.15) is 35.3 Å². The predicted molar refractivity (Wildman–Crippen MR) is 78.9 cm³/mol. The average Bonchev–Trinajstić information content (AvgIpc) is 2.23. The first kappa shape index (κ1) is 14.6. The molecule has 0 radical (unpaired) electrons. The van der Waals surface area contributed by atoms with Crippen LogP contribution in [0.3, 0.4) is 0 Å². The van der Waals surface area contributed by atoms with Crippen LogP contribution in [0.4, 0.5) is 0 Å². The molecule has 0 bridgehead atoms. The van der Waals surface area contributed by atoms with Gasteiger partial charge in [0.2, 0.25) is 0 Å². The molecule has 0 unspecified atom stereocenters. The quantitative estimate of drug-likeness (QED) is 0.850. The SMILES string of the molecule is Cc1cc(C)cc(C(=O)N(CC(N)=S)C(C)C)c1. The fraction of sp³-hybridized carbons (Fsp3) is 0.429. The standard InChI is InChI=1S/C14H20N2OS/c1-9(2)16(8-13(15)18)14(17)12-6-10(3)5-11(4)7-12/h5-7,9H,8H2,1-4H3,(H2,15,18). The first-order chi connectivity index (χ1) is 8.31. The Bertz CT molecular complexity index is 449. The van der Waals surface area contributed by atoms with Gasteiger partial charge in [-0.2, -0.15) is 0 Å². The molecule has 3 nitrogen and oxygen atoms in total. The molecule has 0 saturated carbocycles. The highest BCUT2D eigenvalue weighted by Crippen LogP contribution is 2.13. The zero-order valence-corrected chi connectivity index (χ0v) is 12.2. The van der Waals surface area contributed by atoms with Crippen molar-refractivity contribution in [3.63, 3.8) is 0 Å². The van der Waals surface area contributed by atoms with Crippen LogP contribution >= 0.6 is 12.2 Å². The zero-order valence-electron chi connectivity index (χ0n) is 11.4. The second-order valence-electron chi connectivity index (χ2n) is 4.87. The van der Waals surface area contributed by atoms with Crippen molar-refractivity contribution in [2.45, 2.75) is 33.7 Å². The fourth-order valence-electron chi connectivity index (χ4n) is 1.92. The van der Waals surface area contributed by atoms with Crippen molar-refractivity contribution < 1.29 is 4.79 Å². The van der Waals surface area contributed by atoms with Crippen LogP contribution in [-0.2, 0) is 0 Å². The summed E-state index contributed by atoms with van der Waals surface area (Å²) >= 11 is 4.90. The maximum atomic E-state index is 12.4. The maximum absolute atomic E-state index is 12.4. The average molecular weight is 264 g/mol. The molecule has 1 aromatic carbocycles. The number of thiocarbonyl (C=S) groups is 1. The van der Waals surface area contributed by atoms with Crippen molar-refractivity contribution in [2.75, 3.05) is 6.54 Å². The second kappa shape index (κ2) is 5.96. The van der Waals surface area contributed by atoms with Crippen LogP contribution in [0.15, 0.2) is 18.2 Å². The van der Waals surface area contributed by atoms with Crippen LogP contribution in [0.5, 0.6) is 0 Å². The molecule has 1 rings (SSSR count). The molecule has 0 fully saturated rings. The number of benzene rings is 1. The lowest BCUT2D eigenvalue weighted by molar-refractivity contribution is 0.0736. The topological polar surface area (TPSA) is 46.3 Å². The molecular formula is C14H20N2OS. The van der Waals surface area contributed by atoms with E-state index in [1.807, 2.05) is 45.9 Å². The molecule has 0 aliphatic carbocycles. The molecule has 1 aromatic rings. The minimum Gasteiger partial charge on any atom is -0.392 e. The van der Waals surface area contributed by atoms with Gasteiger partial charge in [0.15, 0.2) is 0 Å². The summed E-state index contributed by atoms with van der Waals surface area (Å²) in [5.41, 5.74) is 8.40. The van der Waals surface area contributed by atoms with Gasteiger partial charge in [-0.3, -0.25) is 4.79 Å². The summed E-state index contributed by atoms with van der Waals surface area (Å²) in [5.74, 6) is -0.0235. The lowest BCUT2D eigenvalue weighted by atomic mass is 10.1. The molecule has 0 aliphatic rings. The van der Waals surface area contributed by atoms with E-state index in [0.717, 1.165) is 11.1 Å². The van der Waals surface area contributed by atoms with Crippen molar-refractivity contribution in [1.82, 2.24) is 4.90 Å². The van der Waals surface area contributed by atoms with Crippen LogP contribution in [0.2, 0.25) is 0 Å². The molecule has 98 valence electrons. The number of hydrogen-bond acceptors (Lipinski definition) is 2. The zero-order chi connectivity index (χ0) is 13.9. The molecule has 2 N–H and O–H groups in total. The monoisotopic (exact) mass is 264 g/mol. The molecule has 0 aliphatic heterocycles.